The van der Waals surface area contributed by atoms with Gasteiger partial charge in [0.15, 0.2) is 5.65 Å². The molecular weight excluding hydrogens is 381 g/mol. The van der Waals surface area contributed by atoms with Gasteiger partial charge in [0.05, 0.1) is 22.3 Å². The molecule has 4 nitrogen and oxygen atoms in total. The van der Waals surface area contributed by atoms with Crippen LogP contribution in [0.25, 0.3) is 22.3 Å². The number of alkyl halides is 5. The van der Waals surface area contributed by atoms with Crippen LogP contribution in [0.1, 0.15) is 31.0 Å². The van der Waals surface area contributed by atoms with Crippen molar-refractivity contribution in [2.75, 3.05) is 0 Å². The third kappa shape index (κ3) is 4.07. The smallest absolute Gasteiger partial charge is 0.417 e. The molecule has 0 bridgehead atoms. The number of aryl methyl sites for hydroxylation is 2. The van der Waals surface area contributed by atoms with E-state index in [4.69, 9.17) is 0 Å². The Morgan fingerprint density at radius 1 is 1.18 bits per heavy atom. The van der Waals surface area contributed by atoms with Crippen LogP contribution in [0.3, 0.4) is 0 Å². The fourth-order valence-corrected chi connectivity index (χ4v) is 3.02. The Labute approximate surface area is 157 Å². The van der Waals surface area contributed by atoms with Gasteiger partial charge < -0.3 is 4.74 Å². The van der Waals surface area contributed by atoms with E-state index in [-0.39, 0.29) is 33.7 Å². The van der Waals surface area contributed by atoms with E-state index in [1.807, 2.05) is 6.92 Å². The van der Waals surface area contributed by atoms with Crippen LogP contribution < -0.4 is 4.74 Å². The van der Waals surface area contributed by atoms with E-state index in [0.717, 1.165) is 18.9 Å². The predicted octanol–water partition coefficient (Wildman–Crippen LogP) is 5.83. The molecule has 0 atom stereocenters. The van der Waals surface area contributed by atoms with Gasteiger partial charge in [-0.25, -0.2) is 9.67 Å². The lowest BCUT2D eigenvalue weighted by Gasteiger charge is -2.12. The van der Waals surface area contributed by atoms with Gasteiger partial charge in [0.2, 0.25) is 0 Å². The van der Waals surface area contributed by atoms with Crippen LogP contribution in [0.2, 0.25) is 0 Å². The number of rotatable bonds is 6. The first kappa shape index (κ1) is 20.0. The molecule has 0 N–H and O–H groups in total. The molecule has 2 aromatic heterocycles. The zero-order valence-corrected chi connectivity index (χ0v) is 15.2. The number of halogens is 5. The number of pyridine rings is 1. The van der Waals surface area contributed by atoms with Gasteiger partial charge in [-0.3, -0.25) is 0 Å². The third-order valence-electron chi connectivity index (χ3n) is 4.26. The van der Waals surface area contributed by atoms with Crippen molar-refractivity contribution in [1.29, 1.82) is 0 Å². The summed E-state index contributed by atoms with van der Waals surface area (Å²) >= 11 is 0. The van der Waals surface area contributed by atoms with Crippen molar-refractivity contribution in [2.45, 2.75) is 46.0 Å². The molecule has 0 aliphatic carbocycles. The summed E-state index contributed by atoms with van der Waals surface area (Å²) < 4.78 is 71.9. The van der Waals surface area contributed by atoms with E-state index >= 15 is 0 Å². The standard InChI is InChI=1S/C19H18F5N3O/c1-3-4-8-27-17-16(11(2)26-27)14(19(22,23)24)10-15(25-17)12-6-5-7-13(9-12)28-18(20)21/h5-7,9-10,18H,3-4,8H2,1-2H3. The van der Waals surface area contributed by atoms with Crippen LogP contribution >= 0.6 is 0 Å². The van der Waals surface area contributed by atoms with E-state index in [9.17, 15) is 22.0 Å². The number of ether oxygens (including phenoxy) is 1. The minimum absolute atomic E-state index is 0.0113. The normalized spacial score (nSPS) is 12.1. The zero-order valence-electron chi connectivity index (χ0n) is 15.2. The number of hydrogen-bond acceptors (Lipinski definition) is 3. The Morgan fingerprint density at radius 3 is 2.57 bits per heavy atom. The van der Waals surface area contributed by atoms with Gasteiger partial charge in [-0.1, -0.05) is 25.5 Å². The lowest BCUT2D eigenvalue weighted by Crippen LogP contribution is -2.08. The van der Waals surface area contributed by atoms with Gasteiger partial charge in [-0.05, 0) is 31.5 Å². The van der Waals surface area contributed by atoms with E-state index in [1.54, 1.807) is 0 Å². The number of nitrogens with zero attached hydrogens (tertiary/aromatic N) is 3. The maximum absolute atomic E-state index is 13.7. The molecule has 2 heterocycles. The van der Waals surface area contributed by atoms with Crippen LogP contribution in [0.15, 0.2) is 30.3 Å². The van der Waals surface area contributed by atoms with Gasteiger partial charge in [0.25, 0.3) is 0 Å². The molecule has 0 saturated carbocycles. The molecule has 0 amide bonds. The first-order chi connectivity index (χ1) is 13.2. The van der Waals surface area contributed by atoms with Crippen molar-refractivity contribution < 1.29 is 26.7 Å². The Bertz CT molecular complexity index is 982. The second-order valence-corrected chi connectivity index (χ2v) is 6.32. The van der Waals surface area contributed by atoms with Gasteiger partial charge >= 0.3 is 12.8 Å². The number of aromatic nitrogens is 3. The summed E-state index contributed by atoms with van der Waals surface area (Å²) in [6.07, 6.45) is -3.03. The summed E-state index contributed by atoms with van der Waals surface area (Å²) in [6, 6.07) is 6.37. The van der Waals surface area contributed by atoms with Gasteiger partial charge in [-0.2, -0.15) is 27.1 Å². The average molecular weight is 399 g/mol. The first-order valence-corrected chi connectivity index (χ1v) is 8.71. The highest BCUT2D eigenvalue weighted by Crippen LogP contribution is 2.38. The molecule has 0 spiro atoms. The SMILES string of the molecule is CCCCn1nc(C)c2c(C(F)(F)F)cc(-c3cccc(OC(F)F)c3)nc21. The first-order valence-electron chi connectivity index (χ1n) is 8.71. The Kier molecular flexibility index (Phi) is 5.53. The largest absolute Gasteiger partial charge is 0.435 e. The Morgan fingerprint density at radius 2 is 1.93 bits per heavy atom. The number of benzene rings is 1. The number of fused-ring (bicyclic) bond motifs is 1. The molecule has 0 radical (unpaired) electrons. The lowest BCUT2D eigenvalue weighted by atomic mass is 10.0. The predicted molar refractivity (Wildman–Crippen MR) is 94.2 cm³/mol. The fourth-order valence-electron chi connectivity index (χ4n) is 3.02. The van der Waals surface area contributed by atoms with Crippen LogP contribution in [-0.2, 0) is 12.7 Å². The second kappa shape index (κ2) is 7.73. The molecule has 0 aliphatic heterocycles. The molecule has 3 rings (SSSR count). The summed E-state index contributed by atoms with van der Waals surface area (Å²) in [4.78, 5) is 4.37. The third-order valence-corrected chi connectivity index (χ3v) is 4.26. The molecule has 3 aromatic rings. The molecule has 0 fully saturated rings. The van der Waals surface area contributed by atoms with Gasteiger partial charge in [0.1, 0.15) is 5.75 Å². The van der Waals surface area contributed by atoms with E-state index < -0.39 is 18.4 Å². The van der Waals surface area contributed by atoms with Crippen molar-refractivity contribution in [3.05, 3.63) is 41.6 Å². The van der Waals surface area contributed by atoms with Crippen molar-refractivity contribution in [3.8, 4) is 17.0 Å². The minimum atomic E-state index is -4.61. The molecule has 0 unspecified atom stereocenters. The quantitative estimate of drug-likeness (QED) is 0.490. The molecule has 1 aromatic carbocycles. The highest BCUT2D eigenvalue weighted by molar-refractivity contribution is 5.85. The summed E-state index contributed by atoms with van der Waals surface area (Å²) in [5.41, 5.74) is -0.236. The minimum Gasteiger partial charge on any atom is -0.435 e. The molecule has 0 aliphatic rings. The summed E-state index contributed by atoms with van der Waals surface area (Å²) in [5, 5.41) is 4.17. The van der Waals surface area contributed by atoms with Crippen LogP contribution in [0, 0.1) is 6.92 Å². The average Bonchev–Trinajstić information content (AvgIpc) is 2.94. The van der Waals surface area contributed by atoms with Crippen molar-refractivity contribution >= 4 is 11.0 Å². The second-order valence-electron chi connectivity index (χ2n) is 6.32. The molecular formula is C19H18F5N3O. The summed E-state index contributed by atoms with van der Waals surface area (Å²) in [7, 11) is 0. The zero-order chi connectivity index (χ0) is 20.5. The van der Waals surface area contributed by atoms with Crippen molar-refractivity contribution in [3.63, 3.8) is 0 Å². The Hall–Kier alpha value is -2.71. The van der Waals surface area contributed by atoms with Crippen LogP contribution in [-0.4, -0.2) is 21.4 Å². The van der Waals surface area contributed by atoms with Crippen LogP contribution in [0.4, 0.5) is 22.0 Å². The monoisotopic (exact) mass is 399 g/mol. The highest BCUT2D eigenvalue weighted by atomic mass is 19.4. The molecule has 150 valence electrons. The molecule has 9 heteroatoms. The summed E-state index contributed by atoms with van der Waals surface area (Å²) in [6.45, 7) is 0.879. The maximum Gasteiger partial charge on any atom is 0.417 e. The molecule has 28 heavy (non-hydrogen) atoms. The van der Waals surface area contributed by atoms with Crippen LogP contribution in [0.5, 0.6) is 5.75 Å². The topological polar surface area (TPSA) is 39.9 Å². The number of unbranched alkanes of at least 4 members (excludes halogenated alkanes) is 1. The van der Waals surface area contributed by atoms with Crippen molar-refractivity contribution in [2.24, 2.45) is 0 Å². The fraction of sp³-hybridized carbons (Fsp3) is 0.368. The van der Waals surface area contributed by atoms with Crippen molar-refractivity contribution in [1.82, 2.24) is 14.8 Å². The van der Waals surface area contributed by atoms with E-state index in [0.29, 0.717) is 6.54 Å². The lowest BCUT2D eigenvalue weighted by molar-refractivity contribution is -0.136. The maximum atomic E-state index is 13.7. The number of hydrogen-bond donors (Lipinski definition) is 0. The van der Waals surface area contributed by atoms with Gasteiger partial charge in [0, 0.05) is 12.1 Å². The van der Waals surface area contributed by atoms with E-state index in [1.165, 1.54) is 35.9 Å². The Balaban J connectivity index is 2.21. The van der Waals surface area contributed by atoms with E-state index in [2.05, 4.69) is 14.8 Å². The summed E-state index contributed by atoms with van der Waals surface area (Å²) in [5.74, 6) is -0.154. The van der Waals surface area contributed by atoms with Gasteiger partial charge in [-0.15, -0.1) is 0 Å². The highest BCUT2D eigenvalue weighted by Gasteiger charge is 2.35. The molecule has 0 saturated heterocycles.